The van der Waals surface area contributed by atoms with Crippen LogP contribution in [0.1, 0.15) is 39.7 Å². The standard InChI is InChI=1S/C27H43N5O5/c1-18(2)24(32(8)23(34)14-15-28-25(35)20(4)30(5)6)26(36)29-19(3)27(37)31(7)22(17-33)16-21-12-10-9-11-13-21/h9-13,17-20,22,24H,14-16H2,1-8H3,(H,28,35)(H,29,36). The summed E-state index contributed by atoms with van der Waals surface area (Å²) in [5.41, 5.74) is 0.920. The molecule has 0 saturated carbocycles. The molecule has 0 aromatic heterocycles. The fourth-order valence-electron chi connectivity index (χ4n) is 3.89. The van der Waals surface area contributed by atoms with E-state index in [4.69, 9.17) is 0 Å². The maximum Gasteiger partial charge on any atom is 0.245 e. The quantitative estimate of drug-likeness (QED) is 0.351. The summed E-state index contributed by atoms with van der Waals surface area (Å²) in [4.78, 5) is 67.2. The van der Waals surface area contributed by atoms with Crippen LogP contribution in [-0.4, -0.2) is 104 Å². The maximum absolute atomic E-state index is 13.1. The van der Waals surface area contributed by atoms with Crippen molar-refractivity contribution < 1.29 is 24.0 Å². The van der Waals surface area contributed by atoms with Gasteiger partial charge in [0.1, 0.15) is 18.4 Å². The highest BCUT2D eigenvalue weighted by atomic mass is 16.2. The van der Waals surface area contributed by atoms with Crippen molar-refractivity contribution in [2.45, 2.75) is 64.7 Å². The molecule has 4 atom stereocenters. The van der Waals surface area contributed by atoms with E-state index in [0.717, 1.165) is 11.8 Å². The van der Waals surface area contributed by atoms with Gasteiger partial charge in [-0.3, -0.25) is 24.1 Å². The molecule has 0 aliphatic heterocycles. The van der Waals surface area contributed by atoms with Crippen molar-refractivity contribution in [2.24, 2.45) is 5.92 Å². The highest BCUT2D eigenvalue weighted by Crippen LogP contribution is 2.13. The molecule has 10 nitrogen and oxygen atoms in total. The summed E-state index contributed by atoms with van der Waals surface area (Å²) in [6.45, 7) is 7.11. The van der Waals surface area contributed by atoms with Gasteiger partial charge in [0.05, 0.1) is 12.1 Å². The monoisotopic (exact) mass is 517 g/mol. The molecule has 4 amide bonds. The topological polar surface area (TPSA) is 119 Å². The third kappa shape index (κ3) is 9.60. The Balaban J connectivity index is 2.76. The van der Waals surface area contributed by atoms with Gasteiger partial charge in [-0.15, -0.1) is 0 Å². The van der Waals surface area contributed by atoms with Gasteiger partial charge in [0.25, 0.3) is 0 Å². The number of hydrogen-bond donors (Lipinski definition) is 2. The van der Waals surface area contributed by atoms with Gasteiger partial charge in [0.15, 0.2) is 0 Å². The summed E-state index contributed by atoms with van der Waals surface area (Å²) in [5.74, 6) is -1.58. The fourth-order valence-corrected chi connectivity index (χ4v) is 3.89. The third-order valence-electron chi connectivity index (χ3n) is 6.52. The highest BCUT2D eigenvalue weighted by molar-refractivity contribution is 5.92. The molecule has 1 aromatic rings. The first-order chi connectivity index (χ1) is 17.3. The Kier molecular flexibility index (Phi) is 13.0. The largest absolute Gasteiger partial charge is 0.354 e. The number of likely N-dealkylation sites (N-methyl/N-ethyl adjacent to an activating group) is 3. The Morgan fingerprint density at radius 3 is 2.00 bits per heavy atom. The maximum atomic E-state index is 13.1. The lowest BCUT2D eigenvalue weighted by atomic mass is 10.0. The van der Waals surface area contributed by atoms with E-state index < -0.39 is 29.9 Å². The van der Waals surface area contributed by atoms with Gasteiger partial charge in [-0.1, -0.05) is 44.2 Å². The average molecular weight is 518 g/mol. The van der Waals surface area contributed by atoms with Gasteiger partial charge in [-0.2, -0.15) is 0 Å². The second kappa shape index (κ2) is 15.1. The van der Waals surface area contributed by atoms with Crippen molar-refractivity contribution in [1.29, 1.82) is 0 Å². The number of amides is 4. The first kappa shape index (κ1) is 31.8. The zero-order valence-corrected chi connectivity index (χ0v) is 23.4. The SMILES string of the molecule is CC(NC(=O)C(C(C)C)N(C)C(=O)CCNC(=O)C(C)N(C)C)C(=O)N(C)C(C=O)Cc1ccccc1. The van der Waals surface area contributed by atoms with E-state index in [1.54, 1.807) is 32.8 Å². The van der Waals surface area contributed by atoms with E-state index in [1.807, 2.05) is 44.2 Å². The summed E-state index contributed by atoms with van der Waals surface area (Å²) in [5, 5.41) is 5.44. The summed E-state index contributed by atoms with van der Waals surface area (Å²) >= 11 is 0. The molecule has 37 heavy (non-hydrogen) atoms. The summed E-state index contributed by atoms with van der Waals surface area (Å²) in [6, 6.07) is 6.66. The van der Waals surface area contributed by atoms with E-state index in [2.05, 4.69) is 10.6 Å². The smallest absolute Gasteiger partial charge is 0.245 e. The van der Waals surface area contributed by atoms with Gasteiger partial charge in [-0.25, -0.2) is 0 Å². The number of hydrogen-bond acceptors (Lipinski definition) is 6. The van der Waals surface area contributed by atoms with Crippen LogP contribution in [0.15, 0.2) is 30.3 Å². The van der Waals surface area contributed by atoms with Crippen LogP contribution < -0.4 is 10.6 Å². The van der Waals surface area contributed by atoms with Crippen LogP contribution in [0.25, 0.3) is 0 Å². The summed E-state index contributed by atoms with van der Waals surface area (Å²) in [7, 11) is 6.66. The van der Waals surface area contributed by atoms with Crippen molar-refractivity contribution in [3.63, 3.8) is 0 Å². The van der Waals surface area contributed by atoms with Crippen LogP contribution in [0.2, 0.25) is 0 Å². The molecule has 0 aliphatic carbocycles. The Labute approximate surface area is 220 Å². The Morgan fingerprint density at radius 2 is 1.49 bits per heavy atom. The van der Waals surface area contributed by atoms with Crippen LogP contribution in [-0.2, 0) is 30.4 Å². The number of nitrogens with zero attached hydrogens (tertiary/aromatic N) is 3. The molecule has 1 aromatic carbocycles. The molecule has 10 heteroatoms. The minimum Gasteiger partial charge on any atom is -0.354 e. The Hall–Kier alpha value is -3.27. The van der Waals surface area contributed by atoms with Gasteiger partial charge in [0, 0.05) is 27.1 Å². The van der Waals surface area contributed by atoms with Crippen LogP contribution in [0.3, 0.4) is 0 Å². The molecular formula is C27H43N5O5. The predicted octanol–water partition coefficient (Wildman–Crippen LogP) is 0.699. The normalized spacial score (nSPS) is 14.3. The van der Waals surface area contributed by atoms with E-state index in [1.165, 1.54) is 23.9 Å². The zero-order chi connectivity index (χ0) is 28.3. The molecule has 0 spiro atoms. The lowest BCUT2D eigenvalue weighted by Crippen LogP contribution is -2.56. The summed E-state index contributed by atoms with van der Waals surface area (Å²) < 4.78 is 0. The molecular weight excluding hydrogens is 474 g/mol. The predicted molar refractivity (Wildman–Crippen MR) is 143 cm³/mol. The number of aldehydes is 1. The average Bonchev–Trinajstić information content (AvgIpc) is 2.85. The second-order valence-electron chi connectivity index (χ2n) is 9.95. The minimum atomic E-state index is -0.896. The van der Waals surface area contributed by atoms with Crippen LogP contribution in [0.5, 0.6) is 0 Å². The van der Waals surface area contributed by atoms with E-state index in [0.29, 0.717) is 6.42 Å². The van der Waals surface area contributed by atoms with E-state index in [9.17, 15) is 24.0 Å². The number of rotatable bonds is 14. The second-order valence-corrected chi connectivity index (χ2v) is 9.95. The molecule has 2 N–H and O–H groups in total. The number of benzene rings is 1. The minimum absolute atomic E-state index is 0.0383. The molecule has 0 aliphatic rings. The van der Waals surface area contributed by atoms with Crippen molar-refractivity contribution in [3.8, 4) is 0 Å². The van der Waals surface area contributed by atoms with E-state index in [-0.39, 0.29) is 36.7 Å². The lowest BCUT2D eigenvalue weighted by Gasteiger charge is -2.32. The van der Waals surface area contributed by atoms with Crippen molar-refractivity contribution in [1.82, 2.24) is 25.3 Å². The molecule has 4 unspecified atom stereocenters. The zero-order valence-electron chi connectivity index (χ0n) is 23.4. The van der Waals surface area contributed by atoms with Gasteiger partial charge >= 0.3 is 0 Å². The molecule has 0 radical (unpaired) electrons. The third-order valence-corrected chi connectivity index (χ3v) is 6.52. The molecule has 1 rings (SSSR count). The first-order valence-electron chi connectivity index (χ1n) is 12.6. The van der Waals surface area contributed by atoms with Crippen LogP contribution >= 0.6 is 0 Å². The molecule has 206 valence electrons. The number of carbonyl (C=O) groups is 5. The van der Waals surface area contributed by atoms with Gasteiger partial charge in [0.2, 0.25) is 23.6 Å². The fraction of sp³-hybridized carbons (Fsp3) is 0.593. The summed E-state index contributed by atoms with van der Waals surface area (Å²) in [6.07, 6.45) is 1.13. The van der Waals surface area contributed by atoms with Crippen molar-refractivity contribution >= 4 is 29.9 Å². The number of nitrogens with one attached hydrogen (secondary N) is 2. The van der Waals surface area contributed by atoms with Crippen LogP contribution in [0.4, 0.5) is 0 Å². The molecule has 0 saturated heterocycles. The molecule has 0 bridgehead atoms. The Morgan fingerprint density at radius 1 is 0.892 bits per heavy atom. The highest BCUT2D eigenvalue weighted by Gasteiger charge is 2.33. The molecule has 0 fully saturated rings. The van der Waals surface area contributed by atoms with E-state index >= 15 is 0 Å². The van der Waals surface area contributed by atoms with Crippen LogP contribution in [0, 0.1) is 5.92 Å². The first-order valence-corrected chi connectivity index (χ1v) is 12.6. The van der Waals surface area contributed by atoms with Gasteiger partial charge < -0.3 is 25.2 Å². The Bertz CT molecular complexity index is 921. The van der Waals surface area contributed by atoms with Gasteiger partial charge in [-0.05, 0) is 45.8 Å². The van der Waals surface area contributed by atoms with Crippen molar-refractivity contribution in [3.05, 3.63) is 35.9 Å². The molecule has 0 heterocycles. The number of carbonyl (C=O) groups excluding carboxylic acids is 5. The lowest BCUT2D eigenvalue weighted by molar-refractivity contribution is -0.143. The van der Waals surface area contributed by atoms with Crippen molar-refractivity contribution in [2.75, 3.05) is 34.7 Å².